The highest BCUT2D eigenvalue weighted by molar-refractivity contribution is 9.10. The van der Waals surface area contributed by atoms with Crippen LogP contribution in [0.3, 0.4) is 0 Å². The second-order valence-electron chi connectivity index (χ2n) is 3.40. The molecule has 0 saturated carbocycles. The van der Waals surface area contributed by atoms with Gasteiger partial charge < -0.3 is 10.4 Å². The molecule has 92 valence electrons. The van der Waals surface area contributed by atoms with Crippen molar-refractivity contribution in [1.29, 1.82) is 0 Å². The summed E-state index contributed by atoms with van der Waals surface area (Å²) in [4.78, 5) is 22.4. The second kappa shape index (κ2) is 5.77. The van der Waals surface area contributed by atoms with Crippen molar-refractivity contribution in [2.24, 2.45) is 0 Å². The summed E-state index contributed by atoms with van der Waals surface area (Å²) in [5.41, 5.74) is -0.181. The SMILES string of the molecule is CCC(NC(=O)c1cc(Br)ccc1F)C(=O)O. The molecule has 1 aromatic carbocycles. The first kappa shape index (κ1) is 13.6. The van der Waals surface area contributed by atoms with Gasteiger partial charge in [0.1, 0.15) is 11.9 Å². The molecule has 1 unspecified atom stereocenters. The third-order valence-corrected chi connectivity index (χ3v) is 2.68. The minimum atomic E-state index is -1.14. The van der Waals surface area contributed by atoms with Crippen molar-refractivity contribution in [3.05, 3.63) is 34.1 Å². The Hall–Kier alpha value is -1.43. The van der Waals surface area contributed by atoms with E-state index >= 15 is 0 Å². The summed E-state index contributed by atoms with van der Waals surface area (Å²) in [5.74, 6) is -2.57. The molecule has 0 aliphatic carbocycles. The van der Waals surface area contributed by atoms with Gasteiger partial charge in [-0.2, -0.15) is 0 Å². The van der Waals surface area contributed by atoms with Crippen molar-refractivity contribution in [1.82, 2.24) is 5.32 Å². The van der Waals surface area contributed by atoms with Crippen LogP contribution in [0.2, 0.25) is 0 Å². The van der Waals surface area contributed by atoms with Crippen LogP contribution in [0, 0.1) is 5.82 Å². The lowest BCUT2D eigenvalue weighted by atomic mass is 10.1. The number of aliphatic carboxylic acids is 1. The first-order chi connectivity index (χ1) is 7.95. The van der Waals surface area contributed by atoms with Crippen LogP contribution in [-0.2, 0) is 4.79 Å². The summed E-state index contributed by atoms with van der Waals surface area (Å²) in [6, 6.07) is 2.89. The van der Waals surface area contributed by atoms with Crippen molar-refractivity contribution in [3.63, 3.8) is 0 Å². The zero-order valence-corrected chi connectivity index (χ0v) is 10.6. The predicted octanol–water partition coefficient (Wildman–Crippen LogP) is 2.18. The van der Waals surface area contributed by atoms with Gasteiger partial charge in [0.15, 0.2) is 0 Å². The molecule has 1 atom stereocenters. The standard InChI is InChI=1S/C11H11BrFNO3/c1-2-9(11(16)17)14-10(15)7-5-6(12)3-4-8(7)13/h3-5,9H,2H2,1H3,(H,14,15)(H,16,17). The smallest absolute Gasteiger partial charge is 0.326 e. The molecule has 0 aromatic heterocycles. The first-order valence-corrected chi connectivity index (χ1v) is 5.73. The molecule has 0 bridgehead atoms. The number of carboxylic acids is 1. The van der Waals surface area contributed by atoms with Crippen LogP contribution < -0.4 is 5.32 Å². The number of carboxylic acid groups (broad SMARTS) is 1. The normalized spacial score (nSPS) is 11.9. The molecular formula is C11H11BrFNO3. The number of nitrogens with one attached hydrogen (secondary N) is 1. The lowest BCUT2D eigenvalue weighted by molar-refractivity contribution is -0.139. The molecule has 1 amide bonds. The molecule has 0 radical (unpaired) electrons. The average Bonchev–Trinajstić information content (AvgIpc) is 2.28. The Labute approximate surface area is 106 Å². The van der Waals surface area contributed by atoms with Gasteiger partial charge in [-0.1, -0.05) is 22.9 Å². The molecular weight excluding hydrogens is 293 g/mol. The molecule has 2 N–H and O–H groups in total. The highest BCUT2D eigenvalue weighted by Gasteiger charge is 2.20. The average molecular weight is 304 g/mol. The van der Waals surface area contributed by atoms with Gasteiger partial charge in [-0.15, -0.1) is 0 Å². The molecule has 4 nitrogen and oxygen atoms in total. The van der Waals surface area contributed by atoms with E-state index in [1.165, 1.54) is 12.1 Å². The number of benzene rings is 1. The van der Waals surface area contributed by atoms with Gasteiger partial charge in [0.05, 0.1) is 5.56 Å². The summed E-state index contributed by atoms with van der Waals surface area (Å²) in [6.07, 6.45) is 0.233. The van der Waals surface area contributed by atoms with Crippen molar-refractivity contribution in [3.8, 4) is 0 Å². The van der Waals surface area contributed by atoms with Gasteiger partial charge in [-0.05, 0) is 24.6 Å². The molecule has 0 heterocycles. The van der Waals surface area contributed by atoms with Crippen LogP contribution >= 0.6 is 15.9 Å². The van der Waals surface area contributed by atoms with E-state index in [1.54, 1.807) is 6.92 Å². The number of carbonyl (C=O) groups excluding carboxylic acids is 1. The maximum atomic E-state index is 13.3. The molecule has 0 aliphatic heterocycles. The Morgan fingerprint density at radius 3 is 2.71 bits per heavy atom. The van der Waals surface area contributed by atoms with Crippen LogP contribution in [0.5, 0.6) is 0 Å². The second-order valence-corrected chi connectivity index (χ2v) is 4.31. The van der Waals surface area contributed by atoms with Gasteiger partial charge in [0.25, 0.3) is 5.91 Å². The van der Waals surface area contributed by atoms with E-state index in [9.17, 15) is 14.0 Å². The monoisotopic (exact) mass is 303 g/mol. The first-order valence-electron chi connectivity index (χ1n) is 4.94. The number of halogens is 2. The molecule has 0 saturated heterocycles. The Balaban J connectivity index is 2.89. The van der Waals surface area contributed by atoms with Crippen LogP contribution in [0.15, 0.2) is 22.7 Å². The highest BCUT2D eigenvalue weighted by Crippen LogP contribution is 2.15. The van der Waals surface area contributed by atoms with E-state index in [0.717, 1.165) is 6.07 Å². The predicted molar refractivity (Wildman–Crippen MR) is 63.3 cm³/mol. The van der Waals surface area contributed by atoms with Crippen LogP contribution in [0.25, 0.3) is 0 Å². The minimum Gasteiger partial charge on any atom is -0.480 e. The van der Waals surface area contributed by atoms with Crippen molar-refractivity contribution >= 4 is 27.8 Å². The summed E-state index contributed by atoms with van der Waals surface area (Å²) < 4.78 is 13.9. The molecule has 0 aliphatic rings. The van der Waals surface area contributed by atoms with Gasteiger partial charge in [-0.3, -0.25) is 4.79 Å². The van der Waals surface area contributed by atoms with Gasteiger partial charge in [0, 0.05) is 4.47 Å². The fraction of sp³-hybridized carbons (Fsp3) is 0.273. The number of hydrogen-bond donors (Lipinski definition) is 2. The topological polar surface area (TPSA) is 66.4 Å². The van der Waals surface area contributed by atoms with Crippen LogP contribution in [0.4, 0.5) is 4.39 Å². The lowest BCUT2D eigenvalue weighted by Gasteiger charge is -2.12. The Kier molecular flexibility index (Phi) is 4.62. The van der Waals surface area contributed by atoms with Gasteiger partial charge in [0.2, 0.25) is 0 Å². The van der Waals surface area contributed by atoms with E-state index < -0.39 is 23.7 Å². The minimum absolute atomic E-state index is 0.181. The van der Waals surface area contributed by atoms with E-state index in [-0.39, 0.29) is 12.0 Å². The summed E-state index contributed by atoms with van der Waals surface area (Å²) in [7, 11) is 0. The summed E-state index contributed by atoms with van der Waals surface area (Å²) in [5, 5.41) is 11.0. The zero-order chi connectivity index (χ0) is 13.0. The van der Waals surface area contributed by atoms with Crippen molar-refractivity contribution in [2.45, 2.75) is 19.4 Å². The molecule has 17 heavy (non-hydrogen) atoms. The lowest BCUT2D eigenvalue weighted by Crippen LogP contribution is -2.40. The molecule has 0 fully saturated rings. The summed E-state index contributed by atoms with van der Waals surface area (Å²) in [6.45, 7) is 1.62. The van der Waals surface area contributed by atoms with Crippen LogP contribution in [0.1, 0.15) is 23.7 Å². The molecule has 0 spiro atoms. The highest BCUT2D eigenvalue weighted by atomic mass is 79.9. The Bertz CT molecular complexity index is 450. The molecule has 1 aromatic rings. The maximum absolute atomic E-state index is 13.3. The van der Waals surface area contributed by atoms with Crippen LogP contribution in [-0.4, -0.2) is 23.0 Å². The molecule has 1 rings (SSSR count). The van der Waals surface area contributed by atoms with E-state index in [0.29, 0.717) is 4.47 Å². The van der Waals surface area contributed by atoms with E-state index in [2.05, 4.69) is 21.2 Å². The summed E-state index contributed by atoms with van der Waals surface area (Å²) >= 11 is 3.11. The maximum Gasteiger partial charge on any atom is 0.326 e. The largest absolute Gasteiger partial charge is 0.480 e. The van der Waals surface area contributed by atoms with Crippen molar-refractivity contribution in [2.75, 3.05) is 0 Å². The third kappa shape index (κ3) is 3.52. The quantitative estimate of drug-likeness (QED) is 0.896. The number of amides is 1. The molecule has 6 heteroatoms. The fourth-order valence-corrected chi connectivity index (χ4v) is 1.61. The number of hydrogen-bond acceptors (Lipinski definition) is 2. The van der Waals surface area contributed by atoms with E-state index in [4.69, 9.17) is 5.11 Å². The van der Waals surface area contributed by atoms with Crippen molar-refractivity contribution < 1.29 is 19.1 Å². The fourth-order valence-electron chi connectivity index (χ4n) is 1.25. The Morgan fingerprint density at radius 2 is 2.18 bits per heavy atom. The third-order valence-electron chi connectivity index (χ3n) is 2.18. The van der Waals surface area contributed by atoms with Gasteiger partial charge >= 0.3 is 5.97 Å². The van der Waals surface area contributed by atoms with Gasteiger partial charge in [-0.25, -0.2) is 9.18 Å². The van der Waals surface area contributed by atoms with E-state index in [1.807, 2.05) is 0 Å². The zero-order valence-electron chi connectivity index (χ0n) is 9.04. The number of carbonyl (C=O) groups is 2. The number of rotatable bonds is 4. The Morgan fingerprint density at radius 1 is 1.53 bits per heavy atom.